The Morgan fingerprint density at radius 2 is 2.35 bits per heavy atom. The normalized spacial score (nSPS) is 22.9. The Kier molecular flexibility index (Phi) is 4.82. The number of nitrogens with one attached hydrogen (secondary N) is 1. The van der Waals surface area contributed by atoms with Gasteiger partial charge in [-0.25, -0.2) is 4.98 Å². The average Bonchev–Trinajstić information content (AvgIpc) is 2.79. The lowest BCUT2D eigenvalue weighted by Crippen LogP contribution is -2.50. The number of rotatable bonds is 4. The van der Waals surface area contributed by atoms with Crippen LogP contribution in [0.4, 0.5) is 10.9 Å². The van der Waals surface area contributed by atoms with E-state index >= 15 is 0 Å². The number of morpholine rings is 1. The minimum absolute atomic E-state index is 0.0489. The van der Waals surface area contributed by atoms with E-state index in [0.29, 0.717) is 29.0 Å². The lowest BCUT2D eigenvalue weighted by atomic mass is 10.2. The number of carbonyl (C=O) groups excluding carboxylic acids is 1. The van der Waals surface area contributed by atoms with Crippen LogP contribution in [-0.4, -0.2) is 47.6 Å². The van der Waals surface area contributed by atoms with Crippen molar-refractivity contribution in [2.45, 2.75) is 39.3 Å². The zero-order chi connectivity index (χ0) is 14.7. The molecule has 0 spiro atoms. The lowest BCUT2D eigenvalue weighted by Gasteiger charge is -2.36. The Labute approximate surface area is 123 Å². The molecule has 0 saturated carbocycles. The van der Waals surface area contributed by atoms with Crippen molar-refractivity contribution in [3.05, 3.63) is 4.88 Å². The number of thiazole rings is 1. The predicted molar refractivity (Wildman–Crippen MR) is 81.2 cm³/mol. The molecule has 0 aromatic carbocycles. The molecule has 1 aromatic heterocycles. The molecule has 20 heavy (non-hydrogen) atoms. The Bertz CT molecular complexity index is 477. The van der Waals surface area contributed by atoms with Gasteiger partial charge in [-0.2, -0.15) is 0 Å². The highest BCUT2D eigenvalue weighted by atomic mass is 32.1. The van der Waals surface area contributed by atoms with E-state index in [-0.39, 0.29) is 18.1 Å². The van der Waals surface area contributed by atoms with Crippen LogP contribution in [0.2, 0.25) is 0 Å². The highest BCUT2D eigenvalue weighted by molar-refractivity contribution is 7.18. The van der Waals surface area contributed by atoms with E-state index in [9.17, 15) is 4.79 Å². The Morgan fingerprint density at radius 3 is 3.05 bits per heavy atom. The standard InChI is InChI=1S/C13H22N4O2S/c1-4-5-15-13-16-11(14)10(20-13)12(18)17-6-9(3)19-7-8(17)2/h8-9H,4-7,14H2,1-3H3,(H,15,16). The SMILES string of the molecule is CCCNc1nc(N)c(C(=O)N2CC(C)OCC2C)s1. The van der Waals surface area contributed by atoms with E-state index < -0.39 is 0 Å². The highest BCUT2D eigenvalue weighted by Crippen LogP contribution is 2.28. The van der Waals surface area contributed by atoms with Gasteiger partial charge in [0.05, 0.1) is 18.8 Å². The quantitative estimate of drug-likeness (QED) is 0.886. The molecule has 1 aliphatic rings. The molecule has 2 atom stereocenters. The fourth-order valence-electron chi connectivity index (χ4n) is 2.11. The summed E-state index contributed by atoms with van der Waals surface area (Å²) >= 11 is 1.33. The Hall–Kier alpha value is -1.34. The first-order valence-corrected chi connectivity index (χ1v) is 7.77. The van der Waals surface area contributed by atoms with Crippen molar-refractivity contribution in [2.24, 2.45) is 0 Å². The van der Waals surface area contributed by atoms with Gasteiger partial charge in [-0.15, -0.1) is 0 Å². The molecule has 1 aromatic rings. The maximum absolute atomic E-state index is 12.6. The monoisotopic (exact) mass is 298 g/mol. The molecular formula is C13H22N4O2S. The van der Waals surface area contributed by atoms with Crippen molar-refractivity contribution in [1.29, 1.82) is 0 Å². The minimum atomic E-state index is -0.0489. The number of hydrogen-bond donors (Lipinski definition) is 2. The molecule has 1 saturated heterocycles. The zero-order valence-electron chi connectivity index (χ0n) is 12.2. The van der Waals surface area contributed by atoms with E-state index in [0.717, 1.165) is 13.0 Å². The second-order valence-electron chi connectivity index (χ2n) is 5.11. The molecule has 7 heteroatoms. The summed E-state index contributed by atoms with van der Waals surface area (Å²) in [5.74, 6) is 0.261. The molecule has 0 radical (unpaired) electrons. The van der Waals surface area contributed by atoms with Crippen molar-refractivity contribution in [3.63, 3.8) is 0 Å². The van der Waals surface area contributed by atoms with Crippen molar-refractivity contribution < 1.29 is 9.53 Å². The van der Waals surface area contributed by atoms with Crippen LogP contribution in [-0.2, 0) is 4.74 Å². The highest BCUT2D eigenvalue weighted by Gasteiger charge is 2.30. The number of anilines is 2. The van der Waals surface area contributed by atoms with Crippen LogP contribution in [0.25, 0.3) is 0 Å². The lowest BCUT2D eigenvalue weighted by molar-refractivity contribution is -0.0385. The van der Waals surface area contributed by atoms with Gasteiger partial charge < -0.3 is 20.7 Å². The van der Waals surface area contributed by atoms with Crippen molar-refractivity contribution in [3.8, 4) is 0 Å². The zero-order valence-corrected chi connectivity index (χ0v) is 13.0. The van der Waals surface area contributed by atoms with Gasteiger partial charge in [0, 0.05) is 13.1 Å². The van der Waals surface area contributed by atoms with Crippen LogP contribution in [0.3, 0.4) is 0 Å². The third kappa shape index (κ3) is 3.21. The van der Waals surface area contributed by atoms with Gasteiger partial charge in [-0.05, 0) is 20.3 Å². The minimum Gasteiger partial charge on any atom is -0.382 e. The first kappa shape index (κ1) is 15.1. The van der Waals surface area contributed by atoms with Crippen molar-refractivity contribution >= 4 is 28.2 Å². The fraction of sp³-hybridized carbons (Fsp3) is 0.692. The summed E-state index contributed by atoms with van der Waals surface area (Å²) in [6.07, 6.45) is 1.06. The number of hydrogen-bond acceptors (Lipinski definition) is 6. The number of aromatic nitrogens is 1. The summed E-state index contributed by atoms with van der Waals surface area (Å²) in [6, 6.07) is 0.0623. The number of carbonyl (C=O) groups is 1. The van der Waals surface area contributed by atoms with E-state index in [2.05, 4.69) is 17.2 Å². The summed E-state index contributed by atoms with van der Waals surface area (Å²) in [6.45, 7) is 8.01. The molecular weight excluding hydrogens is 276 g/mol. The summed E-state index contributed by atoms with van der Waals surface area (Å²) in [5, 5.41) is 3.88. The molecule has 3 N–H and O–H groups in total. The molecule has 1 amide bonds. The number of amides is 1. The first-order chi connectivity index (χ1) is 9.52. The fourth-order valence-corrected chi connectivity index (χ4v) is 2.98. The molecule has 2 heterocycles. The summed E-state index contributed by atoms with van der Waals surface area (Å²) < 4.78 is 5.55. The number of nitrogens with two attached hydrogens (primary N) is 1. The third-order valence-corrected chi connectivity index (χ3v) is 4.26. The molecule has 1 fully saturated rings. The van der Waals surface area contributed by atoms with Gasteiger partial charge in [-0.1, -0.05) is 18.3 Å². The first-order valence-electron chi connectivity index (χ1n) is 6.95. The van der Waals surface area contributed by atoms with Gasteiger partial charge >= 0.3 is 0 Å². The number of nitrogens with zero attached hydrogens (tertiary/aromatic N) is 2. The second kappa shape index (κ2) is 6.41. The van der Waals surface area contributed by atoms with Gasteiger partial charge in [0.2, 0.25) is 0 Å². The van der Waals surface area contributed by atoms with Crippen LogP contribution in [0.1, 0.15) is 36.9 Å². The summed E-state index contributed by atoms with van der Waals surface area (Å²) in [7, 11) is 0. The smallest absolute Gasteiger partial charge is 0.268 e. The van der Waals surface area contributed by atoms with Gasteiger partial charge in [-0.3, -0.25) is 4.79 Å². The van der Waals surface area contributed by atoms with Crippen LogP contribution in [0.5, 0.6) is 0 Å². The third-order valence-electron chi connectivity index (χ3n) is 3.24. The molecule has 6 nitrogen and oxygen atoms in total. The maximum Gasteiger partial charge on any atom is 0.268 e. The topological polar surface area (TPSA) is 80.5 Å². The number of ether oxygens (including phenoxy) is 1. The van der Waals surface area contributed by atoms with Gasteiger partial charge in [0.25, 0.3) is 5.91 Å². The van der Waals surface area contributed by atoms with Gasteiger partial charge in [0.1, 0.15) is 10.7 Å². The molecule has 0 bridgehead atoms. The Morgan fingerprint density at radius 1 is 1.60 bits per heavy atom. The molecule has 1 aliphatic heterocycles. The van der Waals surface area contributed by atoms with Crippen LogP contribution in [0, 0.1) is 0 Å². The van der Waals surface area contributed by atoms with E-state index in [1.807, 2.05) is 18.7 Å². The second-order valence-corrected chi connectivity index (χ2v) is 6.11. The summed E-state index contributed by atoms with van der Waals surface area (Å²) in [5.41, 5.74) is 5.88. The number of nitrogen functional groups attached to an aromatic ring is 1. The maximum atomic E-state index is 12.6. The average molecular weight is 298 g/mol. The predicted octanol–water partition coefficient (Wildman–Crippen LogP) is 1.80. The largest absolute Gasteiger partial charge is 0.382 e. The molecule has 2 unspecified atom stereocenters. The molecule has 0 aliphatic carbocycles. The van der Waals surface area contributed by atoms with E-state index in [1.54, 1.807) is 0 Å². The van der Waals surface area contributed by atoms with E-state index in [1.165, 1.54) is 11.3 Å². The van der Waals surface area contributed by atoms with Crippen molar-refractivity contribution in [1.82, 2.24) is 9.88 Å². The van der Waals surface area contributed by atoms with E-state index in [4.69, 9.17) is 10.5 Å². The van der Waals surface area contributed by atoms with Crippen LogP contribution in [0.15, 0.2) is 0 Å². The van der Waals surface area contributed by atoms with Gasteiger partial charge in [0.15, 0.2) is 5.13 Å². The summed E-state index contributed by atoms with van der Waals surface area (Å²) in [4.78, 5) is 19.2. The van der Waals surface area contributed by atoms with Crippen molar-refractivity contribution in [2.75, 3.05) is 30.7 Å². The molecule has 2 rings (SSSR count). The van der Waals surface area contributed by atoms with Crippen LogP contribution >= 0.6 is 11.3 Å². The Balaban J connectivity index is 2.13. The molecule has 112 valence electrons. The van der Waals surface area contributed by atoms with Crippen LogP contribution < -0.4 is 11.1 Å².